The number of carboxylic acids is 1. The molecule has 0 aliphatic rings. The minimum atomic E-state index is -1.47. The molecule has 0 fully saturated rings. The van der Waals surface area contributed by atoms with E-state index in [0.717, 1.165) is 0 Å². The molecule has 1 atom stereocenters. The third-order valence-corrected chi connectivity index (χ3v) is 2.11. The first kappa shape index (κ1) is 10.8. The summed E-state index contributed by atoms with van der Waals surface area (Å²) < 4.78 is 0. The standard InChI is InChI=1S/C9H11BO4/c1-6(10(13)14)7-3-2-4-8(5-7)9(11)12/h2-6,13-14H,1H3,(H,11,12)/t6-/m0/s1. The highest BCUT2D eigenvalue weighted by molar-refractivity contribution is 6.43. The Balaban J connectivity index is 2.99. The van der Waals surface area contributed by atoms with E-state index >= 15 is 0 Å². The van der Waals surface area contributed by atoms with Crippen molar-refractivity contribution < 1.29 is 19.9 Å². The molecule has 3 N–H and O–H groups in total. The number of hydrogen-bond acceptors (Lipinski definition) is 3. The van der Waals surface area contributed by atoms with Crippen molar-refractivity contribution in [3.63, 3.8) is 0 Å². The van der Waals surface area contributed by atoms with Gasteiger partial charge in [0.25, 0.3) is 0 Å². The Labute approximate surface area is 82.0 Å². The Kier molecular flexibility index (Phi) is 3.27. The molecule has 0 bridgehead atoms. The molecule has 0 aliphatic carbocycles. The third kappa shape index (κ3) is 2.34. The van der Waals surface area contributed by atoms with E-state index < -0.39 is 18.9 Å². The van der Waals surface area contributed by atoms with Crippen molar-refractivity contribution in [2.24, 2.45) is 0 Å². The van der Waals surface area contributed by atoms with Crippen LogP contribution in [0.4, 0.5) is 0 Å². The summed E-state index contributed by atoms with van der Waals surface area (Å²) in [6.45, 7) is 1.62. The first-order valence-electron chi connectivity index (χ1n) is 4.21. The molecule has 0 saturated heterocycles. The van der Waals surface area contributed by atoms with Gasteiger partial charge in [0.2, 0.25) is 0 Å². The number of rotatable bonds is 3. The zero-order chi connectivity index (χ0) is 10.7. The van der Waals surface area contributed by atoms with Gasteiger partial charge in [0.05, 0.1) is 5.56 Å². The van der Waals surface area contributed by atoms with E-state index in [0.29, 0.717) is 5.56 Å². The number of carboxylic acid groups (broad SMARTS) is 1. The number of aromatic carboxylic acids is 1. The fourth-order valence-electron chi connectivity index (χ4n) is 1.13. The molecule has 0 spiro atoms. The average molecular weight is 194 g/mol. The molecule has 1 rings (SSSR count). The van der Waals surface area contributed by atoms with Gasteiger partial charge in [0.1, 0.15) is 0 Å². The Morgan fingerprint density at radius 2 is 2.07 bits per heavy atom. The van der Waals surface area contributed by atoms with E-state index in [1.165, 1.54) is 12.1 Å². The van der Waals surface area contributed by atoms with Crippen LogP contribution < -0.4 is 0 Å². The summed E-state index contributed by atoms with van der Waals surface area (Å²) in [5.74, 6) is -1.51. The highest BCUT2D eigenvalue weighted by Gasteiger charge is 2.20. The van der Waals surface area contributed by atoms with Crippen molar-refractivity contribution >= 4 is 13.1 Å². The van der Waals surface area contributed by atoms with Gasteiger partial charge in [-0.2, -0.15) is 0 Å². The molecule has 14 heavy (non-hydrogen) atoms. The smallest absolute Gasteiger partial charge is 0.459 e. The largest absolute Gasteiger partial charge is 0.478 e. The van der Waals surface area contributed by atoms with Crippen LogP contribution in [0.1, 0.15) is 28.7 Å². The van der Waals surface area contributed by atoms with Crippen LogP contribution in [0.2, 0.25) is 0 Å². The second-order valence-corrected chi connectivity index (χ2v) is 3.13. The lowest BCUT2D eigenvalue weighted by Gasteiger charge is -2.10. The second kappa shape index (κ2) is 4.26. The molecule has 0 aliphatic heterocycles. The van der Waals surface area contributed by atoms with E-state index in [4.69, 9.17) is 15.2 Å². The molecule has 5 heteroatoms. The number of hydrogen-bond donors (Lipinski definition) is 3. The van der Waals surface area contributed by atoms with Crippen LogP contribution in [-0.4, -0.2) is 28.2 Å². The molecule has 0 aromatic heterocycles. The van der Waals surface area contributed by atoms with Crippen molar-refractivity contribution in [3.05, 3.63) is 35.4 Å². The summed E-state index contributed by atoms with van der Waals surface area (Å²) >= 11 is 0. The van der Waals surface area contributed by atoms with Gasteiger partial charge in [0, 0.05) is 5.82 Å². The SMILES string of the molecule is C[C@H](B(O)O)c1cccc(C(=O)O)c1. The van der Waals surface area contributed by atoms with Gasteiger partial charge in [-0.3, -0.25) is 0 Å². The van der Waals surface area contributed by atoms with Crippen LogP contribution in [0.25, 0.3) is 0 Å². The highest BCUT2D eigenvalue weighted by Crippen LogP contribution is 2.17. The average Bonchev–Trinajstić information content (AvgIpc) is 2.16. The quantitative estimate of drug-likeness (QED) is 0.612. The molecule has 0 saturated carbocycles. The van der Waals surface area contributed by atoms with Gasteiger partial charge in [-0.15, -0.1) is 0 Å². The maximum absolute atomic E-state index is 10.6. The minimum absolute atomic E-state index is 0.148. The van der Waals surface area contributed by atoms with E-state index in [2.05, 4.69) is 0 Å². The molecular weight excluding hydrogens is 183 g/mol. The van der Waals surface area contributed by atoms with Gasteiger partial charge < -0.3 is 15.2 Å². The monoisotopic (exact) mass is 194 g/mol. The molecule has 1 aromatic carbocycles. The van der Waals surface area contributed by atoms with Gasteiger partial charge in [-0.1, -0.05) is 19.1 Å². The van der Waals surface area contributed by atoms with Crippen LogP contribution in [0.5, 0.6) is 0 Å². The van der Waals surface area contributed by atoms with E-state index in [-0.39, 0.29) is 5.56 Å². The molecule has 1 aromatic rings. The summed E-state index contributed by atoms with van der Waals surface area (Å²) in [4.78, 5) is 10.6. The van der Waals surface area contributed by atoms with Crippen LogP contribution in [0.15, 0.2) is 24.3 Å². The van der Waals surface area contributed by atoms with Crippen molar-refractivity contribution in [2.75, 3.05) is 0 Å². The van der Waals surface area contributed by atoms with E-state index in [1.54, 1.807) is 19.1 Å². The summed E-state index contributed by atoms with van der Waals surface area (Å²) in [5.41, 5.74) is 0.745. The first-order chi connectivity index (χ1) is 6.52. The Morgan fingerprint density at radius 1 is 1.43 bits per heavy atom. The predicted molar refractivity (Wildman–Crippen MR) is 52.0 cm³/mol. The third-order valence-electron chi connectivity index (χ3n) is 2.11. The van der Waals surface area contributed by atoms with E-state index in [1.807, 2.05) is 0 Å². The van der Waals surface area contributed by atoms with Crippen molar-refractivity contribution in [1.29, 1.82) is 0 Å². The van der Waals surface area contributed by atoms with Crippen LogP contribution in [-0.2, 0) is 0 Å². The van der Waals surface area contributed by atoms with Crippen LogP contribution in [0.3, 0.4) is 0 Å². The molecule has 0 unspecified atom stereocenters. The van der Waals surface area contributed by atoms with Gasteiger partial charge in [-0.05, 0) is 17.7 Å². The molecule has 0 heterocycles. The highest BCUT2D eigenvalue weighted by atomic mass is 16.4. The molecular formula is C9H11BO4. The number of benzene rings is 1. The van der Waals surface area contributed by atoms with Crippen LogP contribution in [0, 0.1) is 0 Å². The Hall–Kier alpha value is -1.33. The Bertz CT molecular complexity index is 337. The van der Waals surface area contributed by atoms with Crippen molar-refractivity contribution in [3.8, 4) is 0 Å². The topological polar surface area (TPSA) is 77.8 Å². The maximum Gasteiger partial charge on any atom is 0.459 e. The summed E-state index contributed by atoms with van der Waals surface area (Å²) in [6.07, 6.45) is 0. The van der Waals surface area contributed by atoms with Gasteiger partial charge in [-0.25, -0.2) is 4.79 Å². The molecule has 4 nitrogen and oxygen atoms in total. The Morgan fingerprint density at radius 3 is 2.57 bits per heavy atom. The lowest BCUT2D eigenvalue weighted by molar-refractivity contribution is 0.0696. The lowest BCUT2D eigenvalue weighted by atomic mass is 9.70. The zero-order valence-corrected chi connectivity index (χ0v) is 7.71. The molecule has 0 amide bonds. The maximum atomic E-state index is 10.6. The molecule has 74 valence electrons. The number of carbonyl (C=O) groups is 1. The van der Waals surface area contributed by atoms with E-state index in [9.17, 15) is 4.79 Å². The van der Waals surface area contributed by atoms with Crippen molar-refractivity contribution in [1.82, 2.24) is 0 Å². The van der Waals surface area contributed by atoms with Gasteiger partial charge >= 0.3 is 13.1 Å². The summed E-state index contributed by atoms with van der Waals surface area (Å²) in [7, 11) is -1.47. The van der Waals surface area contributed by atoms with Crippen molar-refractivity contribution in [2.45, 2.75) is 12.7 Å². The predicted octanol–water partition coefficient (Wildman–Crippen LogP) is 0.500. The second-order valence-electron chi connectivity index (χ2n) is 3.13. The zero-order valence-electron chi connectivity index (χ0n) is 7.71. The summed E-state index contributed by atoms with van der Waals surface area (Å²) in [6, 6.07) is 6.14. The first-order valence-corrected chi connectivity index (χ1v) is 4.21. The lowest BCUT2D eigenvalue weighted by Crippen LogP contribution is -2.20. The minimum Gasteiger partial charge on any atom is -0.478 e. The fraction of sp³-hybridized carbons (Fsp3) is 0.222. The fourth-order valence-corrected chi connectivity index (χ4v) is 1.13. The van der Waals surface area contributed by atoms with Gasteiger partial charge in [0.15, 0.2) is 0 Å². The van der Waals surface area contributed by atoms with Crippen LogP contribution >= 0.6 is 0 Å². The molecule has 0 radical (unpaired) electrons. The summed E-state index contributed by atoms with van der Waals surface area (Å²) in [5, 5.41) is 26.5. The normalized spacial score (nSPS) is 12.2.